The fourth-order valence-electron chi connectivity index (χ4n) is 1.40. The molecule has 0 unspecified atom stereocenters. The smallest absolute Gasteiger partial charge is 0.336 e. The lowest BCUT2D eigenvalue weighted by Crippen LogP contribution is -2.04. The van der Waals surface area contributed by atoms with Crippen molar-refractivity contribution in [2.75, 3.05) is 7.11 Å². The van der Waals surface area contributed by atoms with Crippen molar-refractivity contribution in [3.05, 3.63) is 27.8 Å². The third kappa shape index (κ3) is 1.68. The van der Waals surface area contributed by atoms with Gasteiger partial charge in [0.2, 0.25) is 0 Å². The normalized spacial score (nSPS) is 10.0. The van der Waals surface area contributed by atoms with Crippen molar-refractivity contribution in [1.82, 2.24) is 0 Å². The molecule has 0 atom stereocenters. The monoisotopic (exact) mass is 214 g/mol. The van der Waals surface area contributed by atoms with E-state index in [2.05, 4.69) is 0 Å². The van der Waals surface area contributed by atoms with E-state index in [0.717, 1.165) is 0 Å². The molecule has 0 aliphatic carbocycles. The van der Waals surface area contributed by atoms with Gasteiger partial charge < -0.3 is 9.84 Å². The Kier molecular flexibility index (Phi) is 3.01. The number of hydrogen-bond donors (Lipinski definition) is 1. The Bertz CT molecular complexity index is 385. The second kappa shape index (κ2) is 3.88. The van der Waals surface area contributed by atoms with Crippen LogP contribution in [0.25, 0.3) is 0 Å². The first-order valence-corrected chi connectivity index (χ1v) is 4.43. The molecule has 0 amide bonds. The van der Waals surface area contributed by atoms with Crippen LogP contribution in [-0.4, -0.2) is 18.2 Å². The van der Waals surface area contributed by atoms with Gasteiger partial charge in [-0.1, -0.05) is 11.6 Å². The summed E-state index contributed by atoms with van der Waals surface area (Å²) in [6.45, 7) is 3.39. The summed E-state index contributed by atoms with van der Waals surface area (Å²) in [7, 11) is 1.50. The average Bonchev–Trinajstić information content (AvgIpc) is 2.10. The number of halogens is 1. The van der Waals surface area contributed by atoms with Gasteiger partial charge in [0.15, 0.2) is 0 Å². The zero-order valence-electron chi connectivity index (χ0n) is 8.22. The van der Waals surface area contributed by atoms with Gasteiger partial charge in [-0.3, -0.25) is 0 Å². The molecule has 1 N–H and O–H groups in total. The molecule has 3 nitrogen and oxygen atoms in total. The van der Waals surface area contributed by atoms with E-state index in [1.165, 1.54) is 7.11 Å². The lowest BCUT2D eigenvalue weighted by atomic mass is 10.0. The minimum atomic E-state index is -0.968. The molecule has 0 fully saturated rings. The first kappa shape index (κ1) is 10.9. The second-order valence-electron chi connectivity index (χ2n) is 3.01. The van der Waals surface area contributed by atoms with Gasteiger partial charge in [-0.2, -0.15) is 0 Å². The molecular formula is C10H11ClO3. The van der Waals surface area contributed by atoms with Crippen molar-refractivity contribution in [3.8, 4) is 5.75 Å². The summed E-state index contributed by atoms with van der Waals surface area (Å²) in [6, 6.07) is 1.62. The van der Waals surface area contributed by atoms with E-state index in [9.17, 15) is 4.79 Å². The zero-order valence-corrected chi connectivity index (χ0v) is 8.97. The average molecular weight is 215 g/mol. The number of hydrogen-bond acceptors (Lipinski definition) is 2. The van der Waals surface area contributed by atoms with Gasteiger partial charge in [0, 0.05) is 0 Å². The second-order valence-corrected chi connectivity index (χ2v) is 3.39. The van der Waals surface area contributed by atoms with E-state index in [1.54, 1.807) is 19.9 Å². The third-order valence-electron chi connectivity index (χ3n) is 2.10. The van der Waals surface area contributed by atoms with Crippen LogP contribution >= 0.6 is 11.6 Å². The summed E-state index contributed by atoms with van der Waals surface area (Å²) in [5.41, 5.74) is 1.43. The third-order valence-corrected chi connectivity index (χ3v) is 2.57. The van der Waals surface area contributed by atoms with E-state index in [-0.39, 0.29) is 5.56 Å². The number of carbonyl (C=O) groups is 1. The van der Waals surface area contributed by atoms with Crippen molar-refractivity contribution >= 4 is 17.6 Å². The summed E-state index contributed by atoms with van der Waals surface area (Å²) in [4.78, 5) is 10.9. The molecular weight excluding hydrogens is 204 g/mol. The number of benzene rings is 1. The number of carboxylic acid groups (broad SMARTS) is 1. The van der Waals surface area contributed by atoms with Crippen molar-refractivity contribution in [2.24, 2.45) is 0 Å². The van der Waals surface area contributed by atoms with Gasteiger partial charge in [-0.25, -0.2) is 4.79 Å². The van der Waals surface area contributed by atoms with Gasteiger partial charge in [0.25, 0.3) is 0 Å². The van der Waals surface area contributed by atoms with Crippen molar-refractivity contribution < 1.29 is 14.6 Å². The highest BCUT2D eigenvalue weighted by molar-refractivity contribution is 6.33. The van der Waals surface area contributed by atoms with Gasteiger partial charge in [0.05, 0.1) is 17.7 Å². The predicted octanol–water partition coefficient (Wildman–Crippen LogP) is 2.66. The van der Waals surface area contributed by atoms with Crippen LogP contribution in [0.3, 0.4) is 0 Å². The number of carboxylic acids is 1. The topological polar surface area (TPSA) is 46.5 Å². The molecule has 0 radical (unpaired) electrons. The maximum Gasteiger partial charge on any atom is 0.336 e. The summed E-state index contributed by atoms with van der Waals surface area (Å²) >= 11 is 5.93. The Balaban J connectivity index is 3.49. The summed E-state index contributed by atoms with van der Waals surface area (Å²) in [5.74, 6) is -0.462. The Hall–Kier alpha value is -1.22. The Morgan fingerprint density at radius 2 is 2.07 bits per heavy atom. The standard InChI is InChI=1S/C10H11ClO3/c1-5-4-7(14-3)9(11)6(2)8(5)10(12)13/h4H,1-3H3,(H,12,13). The molecule has 0 spiro atoms. The zero-order chi connectivity index (χ0) is 10.9. The minimum absolute atomic E-state index is 0.246. The highest BCUT2D eigenvalue weighted by Gasteiger charge is 2.16. The lowest BCUT2D eigenvalue weighted by Gasteiger charge is -2.11. The first-order valence-electron chi connectivity index (χ1n) is 4.06. The van der Waals surface area contributed by atoms with Gasteiger partial charge in [-0.05, 0) is 31.0 Å². The molecule has 0 aromatic heterocycles. The summed E-state index contributed by atoms with van der Waals surface area (Å²) in [6.07, 6.45) is 0. The molecule has 76 valence electrons. The highest BCUT2D eigenvalue weighted by Crippen LogP contribution is 2.32. The van der Waals surface area contributed by atoms with Crippen LogP contribution in [-0.2, 0) is 0 Å². The predicted molar refractivity (Wildman–Crippen MR) is 54.4 cm³/mol. The molecule has 0 heterocycles. The number of ether oxygens (including phenoxy) is 1. The van der Waals surface area contributed by atoms with Crippen molar-refractivity contribution in [2.45, 2.75) is 13.8 Å². The van der Waals surface area contributed by atoms with Crippen LogP contribution in [0.2, 0.25) is 5.02 Å². The number of aromatic carboxylic acids is 1. The van der Waals surface area contributed by atoms with Crippen LogP contribution < -0.4 is 4.74 Å². The van der Waals surface area contributed by atoms with Crippen LogP contribution in [0.15, 0.2) is 6.07 Å². The van der Waals surface area contributed by atoms with E-state index in [4.69, 9.17) is 21.4 Å². The molecule has 1 rings (SSSR count). The SMILES string of the molecule is COc1cc(C)c(C(=O)O)c(C)c1Cl. The fourth-order valence-corrected chi connectivity index (χ4v) is 1.63. The molecule has 1 aromatic carbocycles. The molecule has 0 aliphatic heterocycles. The first-order chi connectivity index (χ1) is 6.49. The fraction of sp³-hybridized carbons (Fsp3) is 0.300. The van der Waals surface area contributed by atoms with Crippen LogP contribution in [0, 0.1) is 13.8 Å². The van der Waals surface area contributed by atoms with Crippen molar-refractivity contribution in [1.29, 1.82) is 0 Å². The van der Waals surface area contributed by atoms with Crippen LogP contribution in [0.4, 0.5) is 0 Å². The number of aryl methyl sites for hydroxylation is 1. The van der Waals surface area contributed by atoms with Gasteiger partial charge in [-0.15, -0.1) is 0 Å². The molecule has 1 aromatic rings. The van der Waals surface area contributed by atoms with Crippen LogP contribution in [0.1, 0.15) is 21.5 Å². The summed E-state index contributed by atoms with van der Waals surface area (Å²) < 4.78 is 5.02. The van der Waals surface area contributed by atoms with Gasteiger partial charge in [0.1, 0.15) is 5.75 Å². The maximum absolute atomic E-state index is 10.9. The van der Waals surface area contributed by atoms with E-state index in [1.807, 2.05) is 0 Å². The summed E-state index contributed by atoms with van der Waals surface area (Å²) in [5, 5.41) is 9.29. The van der Waals surface area contributed by atoms with E-state index in [0.29, 0.717) is 21.9 Å². The number of rotatable bonds is 2. The minimum Gasteiger partial charge on any atom is -0.495 e. The van der Waals surface area contributed by atoms with E-state index >= 15 is 0 Å². The quantitative estimate of drug-likeness (QED) is 0.823. The molecule has 14 heavy (non-hydrogen) atoms. The largest absolute Gasteiger partial charge is 0.495 e. The van der Waals surface area contributed by atoms with Gasteiger partial charge >= 0.3 is 5.97 Å². The van der Waals surface area contributed by atoms with E-state index < -0.39 is 5.97 Å². The highest BCUT2D eigenvalue weighted by atomic mass is 35.5. The molecule has 4 heteroatoms. The van der Waals surface area contributed by atoms with Crippen molar-refractivity contribution in [3.63, 3.8) is 0 Å². The maximum atomic E-state index is 10.9. The molecule has 0 saturated carbocycles. The Labute approximate surface area is 87.3 Å². The Morgan fingerprint density at radius 3 is 2.50 bits per heavy atom. The molecule has 0 aliphatic rings. The van der Waals surface area contributed by atoms with Crippen LogP contribution in [0.5, 0.6) is 5.75 Å². The molecule has 0 saturated heterocycles. The lowest BCUT2D eigenvalue weighted by molar-refractivity contribution is 0.0695. The number of methoxy groups -OCH3 is 1. The molecule has 0 bridgehead atoms. The Morgan fingerprint density at radius 1 is 1.50 bits per heavy atom.